The number of hydrogen-bond donors (Lipinski definition) is 2. The molecule has 0 aliphatic carbocycles. The molecule has 3 heterocycles. The molecule has 2 aromatic carbocycles. The van der Waals surface area contributed by atoms with Crippen LogP contribution in [0.4, 0.5) is 5.69 Å². The first kappa shape index (κ1) is 20.9. The van der Waals surface area contributed by atoms with E-state index in [1.54, 1.807) is 18.3 Å². The van der Waals surface area contributed by atoms with Crippen molar-refractivity contribution in [2.45, 2.75) is 19.0 Å². The van der Waals surface area contributed by atoms with Crippen LogP contribution >= 0.6 is 12.2 Å². The van der Waals surface area contributed by atoms with Gasteiger partial charge in [-0.3, -0.25) is 4.98 Å². The second-order valence-corrected chi connectivity index (χ2v) is 8.37. The van der Waals surface area contributed by atoms with Gasteiger partial charge in [-0.25, -0.2) is 4.79 Å². The fourth-order valence-electron chi connectivity index (χ4n) is 4.27. The molecule has 4 aromatic rings. The Bertz CT molecular complexity index is 1300. The van der Waals surface area contributed by atoms with E-state index in [1.807, 2.05) is 42.6 Å². The van der Waals surface area contributed by atoms with Crippen molar-refractivity contribution in [1.82, 2.24) is 14.9 Å². The maximum Gasteiger partial charge on any atom is 0.335 e. The van der Waals surface area contributed by atoms with E-state index in [0.717, 1.165) is 22.8 Å². The highest BCUT2D eigenvalue weighted by Crippen LogP contribution is 2.42. The van der Waals surface area contributed by atoms with Crippen molar-refractivity contribution in [3.63, 3.8) is 0 Å². The van der Waals surface area contributed by atoms with Crippen LogP contribution in [0, 0.1) is 6.92 Å². The van der Waals surface area contributed by atoms with E-state index in [0.29, 0.717) is 5.11 Å². The monoisotopic (exact) mass is 454 g/mol. The molecule has 33 heavy (non-hydrogen) atoms. The Hall–Kier alpha value is -3.97. The summed E-state index contributed by atoms with van der Waals surface area (Å²) in [6, 6.07) is 24.8. The van der Waals surface area contributed by atoms with Gasteiger partial charge in [0.25, 0.3) is 0 Å². The fraction of sp³-hybridized carbons (Fsp3) is 0.115. The number of aromatic carboxylic acids is 1. The van der Waals surface area contributed by atoms with Gasteiger partial charge in [-0.05, 0) is 79.8 Å². The van der Waals surface area contributed by atoms with Crippen LogP contribution in [0.3, 0.4) is 0 Å². The van der Waals surface area contributed by atoms with E-state index >= 15 is 0 Å². The van der Waals surface area contributed by atoms with Gasteiger partial charge in [0.1, 0.15) is 6.04 Å². The van der Waals surface area contributed by atoms with E-state index < -0.39 is 5.97 Å². The van der Waals surface area contributed by atoms with E-state index in [9.17, 15) is 9.90 Å². The highest BCUT2D eigenvalue weighted by atomic mass is 32.1. The largest absolute Gasteiger partial charge is 0.478 e. The first-order valence-corrected chi connectivity index (χ1v) is 11.0. The summed E-state index contributed by atoms with van der Waals surface area (Å²) >= 11 is 5.80. The summed E-state index contributed by atoms with van der Waals surface area (Å²) in [6.07, 6.45) is 3.77. The van der Waals surface area contributed by atoms with E-state index in [1.165, 1.54) is 5.56 Å². The predicted octanol–water partition coefficient (Wildman–Crippen LogP) is 5.06. The van der Waals surface area contributed by atoms with Crippen LogP contribution in [0.5, 0.6) is 0 Å². The number of pyridine rings is 1. The van der Waals surface area contributed by atoms with Crippen molar-refractivity contribution in [2.75, 3.05) is 4.90 Å². The number of rotatable bonds is 5. The lowest BCUT2D eigenvalue weighted by molar-refractivity contribution is 0.0697. The van der Waals surface area contributed by atoms with Crippen LogP contribution < -0.4 is 10.2 Å². The molecule has 0 spiro atoms. The van der Waals surface area contributed by atoms with Gasteiger partial charge in [0.2, 0.25) is 0 Å². The summed E-state index contributed by atoms with van der Waals surface area (Å²) in [5, 5.41) is 13.4. The molecular formula is C26H22N4O2S. The molecule has 164 valence electrons. The van der Waals surface area contributed by atoms with Crippen molar-refractivity contribution in [2.24, 2.45) is 0 Å². The van der Waals surface area contributed by atoms with Crippen molar-refractivity contribution < 1.29 is 9.90 Å². The molecule has 0 radical (unpaired) electrons. The van der Waals surface area contributed by atoms with Gasteiger partial charge >= 0.3 is 5.97 Å². The molecule has 0 amide bonds. The zero-order valence-electron chi connectivity index (χ0n) is 17.9. The van der Waals surface area contributed by atoms with Crippen LogP contribution in [-0.2, 0) is 0 Å². The van der Waals surface area contributed by atoms with Gasteiger partial charge in [-0.2, -0.15) is 0 Å². The molecule has 0 unspecified atom stereocenters. The normalized spacial score (nSPS) is 17.7. The van der Waals surface area contributed by atoms with Crippen molar-refractivity contribution >= 4 is 29.0 Å². The number of benzene rings is 2. The Morgan fingerprint density at radius 3 is 2.36 bits per heavy atom. The van der Waals surface area contributed by atoms with Gasteiger partial charge in [0, 0.05) is 29.5 Å². The van der Waals surface area contributed by atoms with Gasteiger partial charge in [-0.1, -0.05) is 23.8 Å². The lowest BCUT2D eigenvalue weighted by Gasteiger charge is -2.29. The number of carboxylic acids is 1. The van der Waals surface area contributed by atoms with Crippen LogP contribution in [0.2, 0.25) is 0 Å². The fourth-order valence-corrected chi connectivity index (χ4v) is 4.62. The lowest BCUT2D eigenvalue weighted by Crippen LogP contribution is -2.30. The Balaban J connectivity index is 1.63. The minimum atomic E-state index is -0.944. The number of thiocarbonyl (C=S) groups is 1. The molecule has 6 nitrogen and oxygen atoms in total. The second-order valence-electron chi connectivity index (χ2n) is 7.99. The zero-order chi connectivity index (χ0) is 22.9. The summed E-state index contributed by atoms with van der Waals surface area (Å²) in [5.41, 5.74) is 5.22. The Morgan fingerprint density at radius 2 is 1.70 bits per heavy atom. The number of anilines is 1. The summed E-state index contributed by atoms with van der Waals surface area (Å²) in [7, 11) is 0. The summed E-state index contributed by atoms with van der Waals surface area (Å²) in [6.45, 7) is 2.06. The molecule has 1 saturated heterocycles. The maximum absolute atomic E-state index is 11.3. The van der Waals surface area contributed by atoms with Crippen LogP contribution in [0.15, 0.2) is 91.3 Å². The molecule has 2 aromatic heterocycles. The lowest BCUT2D eigenvalue weighted by atomic mass is 10.0. The Kier molecular flexibility index (Phi) is 5.40. The average molecular weight is 455 g/mol. The highest BCUT2D eigenvalue weighted by molar-refractivity contribution is 7.80. The second kappa shape index (κ2) is 8.52. The molecule has 5 rings (SSSR count). The summed E-state index contributed by atoms with van der Waals surface area (Å²) in [4.78, 5) is 18.0. The number of carbonyl (C=O) groups is 1. The van der Waals surface area contributed by atoms with Crippen LogP contribution in [0.1, 0.15) is 39.4 Å². The first-order chi connectivity index (χ1) is 16.0. The van der Waals surface area contributed by atoms with Gasteiger partial charge in [-0.15, -0.1) is 0 Å². The minimum Gasteiger partial charge on any atom is -0.478 e. The molecule has 2 N–H and O–H groups in total. The quantitative estimate of drug-likeness (QED) is 0.411. The number of aromatic nitrogens is 2. The first-order valence-electron chi connectivity index (χ1n) is 10.6. The van der Waals surface area contributed by atoms with E-state index in [2.05, 4.69) is 57.0 Å². The molecule has 1 aliphatic rings. The van der Waals surface area contributed by atoms with E-state index in [4.69, 9.17) is 12.2 Å². The number of carboxylic acid groups (broad SMARTS) is 1. The van der Waals surface area contributed by atoms with Gasteiger partial charge < -0.3 is 19.9 Å². The SMILES string of the molecule is Cc1ccc(N2C(=S)N[C@@H](c3ccccn3)[C@@H]2c2cccn2-c2ccc(C(=O)O)cc2)cc1. The van der Waals surface area contributed by atoms with Crippen LogP contribution in [0.25, 0.3) is 5.69 Å². The smallest absolute Gasteiger partial charge is 0.335 e. The topological polar surface area (TPSA) is 70.4 Å². The maximum atomic E-state index is 11.3. The number of nitrogens with zero attached hydrogens (tertiary/aromatic N) is 3. The molecule has 0 bridgehead atoms. The standard InChI is InChI=1S/C26H22N4O2S/c1-17-7-11-20(12-8-17)30-24(23(28-26(30)33)21-5-2-3-15-27-21)22-6-4-16-29(22)19-13-9-18(10-14-19)25(31)32/h2-16,23-24H,1H3,(H,28,33)(H,31,32)/t23-,24-/m0/s1. The number of nitrogens with one attached hydrogen (secondary N) is 1. The highest BCUT2D eigenvalue weighted by Gasteiger charge is 2.42. The predicted molar refractivity (Wildman–Crippen MR) is 132 cm³/mol. The molecule has 2 atom stereocenters. The number of hydrogen-bond acceptors (Lipinski definition) is 3. The molecule has 0 saturated carbocycles. The van der Waals surface area contributed by atoms with Crippen molar-refractivity contribution in [3.8, 4) is 5.69 Å². The van der Waals surface area contributed by atoms with Gasteiger partial charge in [0.15, 0.2) is 5.11 Å². The summed E-state index contributed by atoms with van der Waals surface area (Å²) in [5.74, 6) is -0.944. The molecule has 7 heteroatoms. The van der Waals surface area contributed by atoms with Gasteiger partial charge in [0.05, 0.1) is 17.3 Å². The minimum absolute atomic E-state index is 0.160. The zero-order valence-corrected chi connectivity index (χ0v) is 18.7. The Labute approximate surface area is 197 Å². The van der Waals surface area contributed by atoms with Crippen molar-refractivity contribution in [1.29, 1.82) is 0 Å². The third-order valence-electron chi connectivity index (χ3n) is 5.89. The molecular weight excluding hydrogens is 432 g/mol. The molecule has 1 aliphatic heterocycles. The third kappa shape index (κ3) is 3.87. The third-order valence-corrected chi connectivity index (χ3v) is 6.20. The van der Waals surface area contributed by atoms with E-state index in [-0.39, 0.29) is 17.6 Å². The van der Waals surface area contributed by atoms with Crippen LogP contribution in [-0.4, -0.2) is 25.7 Å². The van der Waals surface area contributed by atoms with Crippen molar-refractivity contribution in [3.05, 3.63) is 114 Å². The Morgan fingerprint density at radius 1 is 0.970 bits per heavy atom. The number of aryl methyl sites for hydroxylation is 1. The molecule has 1 fully saturated rings. The summed E-state index contributed by atoms with van der Waals surface area (Å²) < 4.78 is 2.07. The average Bonchev–Trinajstić information content (AvgIpc) is 3.44.